The van der Waals surface area contributed by atoms with Crippen molar-refractivity contribution >= 4 is 20.1 Å². The summed E-state index contributed by atoms with van der Waals surface area (Å²) in [6, 6.07) is 11.3. The normalized spacial score (nSPS) is 12.6. The van der Waals surface area contributed by atoms with Crippen LogP contribution in [0.25, 0.3) is 0 Å². The molecule has 4 nitrogen and oxygen atoms in total. The van der Waals surface area contributed by atoms with E-state index in [-0.39, 0.29) is 22.3 Å². The minimum atomic E-state index is -5.25. The Balaban J connectivity index is 0.000000296. The van der Waals surface area contributed by atoms with Crippen molar-refractivity contribution in [3.05, 3.63) is 59.7 Å². The van der Waals surface area contributed by atoms with Crippen molar-refractivity contribution in [1.82, 2.24) is 0 Å². The molecular formula is C19H22F4O4S2. The third-order valence-electron chi connectivity index (χ3n) is 3.94. The van der Waals surface area contributed by atoms with E-state index < -0.39 is 30.5 Å². The molecule has 2 aromatic carbocycles. The smallest absolute Gasteiger partial charge is 0.214 e. The molecule has 0 aromatic heterocycles. The van der Waals surface area contributed by atoms with Crippen LogP contribution in [0, 0.1) is 0 Å². The summed E-state index contributed by atoms with van der Waals surface area (Å²) in [5.41, 5.74) is -4.55. The number of benzene rings is 2. The van der Waals surface area contributed by atoms with Gasteiger partial charge in [-0.15, -0.1) is 3.89 Å². The molecule has 0 aliphatic heterocycles. The Bertz CT molecular complexity index is 1040. The zero-order valence-electron chi connectivity index (χ0n) is 16.2. The molecule has 0 atom stereocenters. The lowest BCUT2D eigenvalue weighted by molar-refractivity contribution is -0.0436. The van der Waals surface area contributed by atoms with Crippen molar-refractivity contribution in [2.24, 2.45) is 0 Å². The fourth-order valence-electron chi connectivity index (χ4n) is 2.51. The highest BCUT2D eigenvalue weighted by molar-refractivity contribution is 7.92. The van der Waals surface area contributed by atoms with E-state index in [2.05, 4.69) is 0 Å². The molecule has 2 aromatic rings. The molecule has 0 spiro atoms. The number of hydrogen-bond acceptors (Lipinski definition) is 4. The average molecular weight is 455 g/mol. The summed E-state index contributed by atoms with van der Waals surface area (Å²) in [5.74, 6) is -0.282. The molecule has 0 aliphatic carbocycles. The van der Waals surface area contributed by atoms with Gasteiger partial charge < -0.3 is 0 Å². The maximum atomic E-state index is 12.7. The zero-order chi connectivity index (χ0) is 22.6. The van der Waals surface area contributed by atoms with Crippen molar-refractivity contribution in [1.29, 1.82) is 0 Å². The predicted octanol–water partition coefficient (Wildman–Crippen LogP) is 5.57. The van der Waals surface area contributed by atoms with Gasteiger partial charge in [0.2, 0.25) is 0 Å². The largest absolute Gasteiger partial charge is 0.501 e. The quantitative estimate of drug-likeness (QED) is 0.447. The van der Waals surface area contributed by atoms with Crippen LogP contribution in [-0.4, -0.2) is 22.3 Å². The standard InChI is InChI=1S/C10H11F3O2S.C9H11FO2S/c1-7(2)8-5-3-4-6-9(8)16(14,15)10(11,12)13;1-7(2)8-5-3-4-6-9(8)13(10,11)12/h3-7H,1-2H3;3-7H,1-2H3. The maximum absolute atomic E-state index is 12.7. The third kappa shape index (κ3) is 6.27. The van der Waals surface area contributed by atoms with Crippen LogP contribution in [0.2, 0.25) is 0 Å². The molecule has 0 fully saturated rings. The molecule has 29 heavy (non-hydrogen) atoms. The van der Waals surface area contributed by atoms with Crippen LogP contribution in [0.5, 0.6) is 0 Å². The lowest BCUT2D eigenvalue weighted by Gasteiger charge is -2.14. The molecule has 0 bridgehead atoms. The second kappa shape index (κ2) is 9.25. The SMILES string of the molecule is CC(C)c1ccccc1S(=O)(=O)C(F)(F)F.CC(C)c1ccccc1S(=O)(=O)F. The molecule has 0 saturated carbocycles. The Kier molecular flexibility index (Phi) is 8.01. The summed E-state index contributed by atoms with van der Waals surface area (Å²) in [7, 11) is -9.83. The van der Waals surface area contributed by atoms with Crippen molar-refractivity contribution < 1.29 is 33.9 Å². The average Bonchev–Trinajstić information content (AvgIpc) is 2.60. The van der Waals surface area contributed by atoms with Crippen LogP contribution in [0.3, 0.4) is 0 Å². The summed E-state index contributed by atoms with van der Waals surface area (Å²) >= 11 is 0. The highest BCUT2D eigenvalue weighted by Gasteiger charge is 2.47. The van der Waals surface area contributed by atoms with Crippen LogP contribution in [0.4, 0.5) is 17.1 Å². The summed E-state index contributed by atoms with van der Waals surface area (Å²) in [4.78, 5) is -0.873. The number of alkyl halides is 3. The van der Waals surface area contributed by atoms with E-state index in [9.17, 15) is 33.9 Å². The summed E-state index contributed by atoms with van der Waals surface area (Å²) in [6.07, 6.45) is 0. The van der Waals surface area contributed by atoms with Crippen LogP contribution >= 0.6 is 0 Å². The predicted molar refractivity (Wildman–Crippen MR) is 103 cm³/mol. The summed E-state index contributed by atoms with van der Waals surface area (Å²) in [5, 5.41) is 0. The molecule has 0 N–H and O–H groups in total. The molecule has 0 unspecified atom stereocenters. The highest BCUT2D eigenvalue weighted by Crippen LogP contribution is 2.34. The van der Waals surface area contributed by atoms with Crippen molar-refractivity contribution in [2.75, 3.05) is 0 Å². The first-order chi connectivity index (χ1) is 13.1. The van der Waals surface area contributed by atoms with Crippen LogP contribution in [0.15, 0.2) is 58.3 Å². The van der Waals surface area contributed by atoms with Gasteiger partial charge in [0.05, 0.1) is 4.90 Å². The minimum Gasteiger partial charge on any atom is -0.214 e. The fraction of sp³-hybridized carbons (Fsp3) is 0.368. The first-order valence-corrected chi connectivity index (χ1v) is 11.4. The second-order valence-corrected chi connectivity index (χ2v) is 10.00. The van der Waals surface area contributed by atoms with E-state index in [4.69, 9.17) is 0 Å². The molecule has 0 aliphatic rings. The van der Waals surface area contributed by atoms with Crippen molar-refractivity contribution in [3.63, 3.8) is 0 Å². The van der Waals surface area contributed by atoms with Crippen molar-refractivity contribution in [2.45, 2.75) is 54.8 Å². The molecular weight excluding hydrogens is 432 g/mol. The Morgan fingerprint density at radius 1 is 0.690 bits per heavy atom. The minimum absolute atomic E-state index is 0.00160. The van der Waals surface area contributed by atoms with Gasteiger partial charge in [0.25, 0.3) is 9.84 Å². The van der Waals surface area contributed by atoms with Gasteiger partial charge in [-0.2, -0.15) is 21.6 Å². The van der Waals surface area contributed by atoms with E-state index in [0.717, 1.165) is 6.07 Å². The zero-order valence-corrected chi connectivity index (χ0v) is 17.9. The van der Waals surface area contributed by atoms with Crippen LogP contribution in [0.1, 0.15) is 50.7 Å². The van der Waals surface area contributed by atoms with Gasteiger partial charge >= 0.3 is 15.7 Å². The molecule has 0 radical (unpaired) electrons. The number of sulfone groups is 1. The number of halogens is 4. The molecule has 0 amide bonds. The molecule has 0 heterocycles. The van der Waals surface area contributed by atoms with Gasteiger partial charge in [-0.05, 0) is 35.1 Å². The van der Waals surface area contributed by atoms with E-state index in [1.54, 1.807) is 26.0 Å². The lowest BCUT2D eigenvalue weighted by atomic mass is 10.0. The number of rotatable bonds is 4. The Morgan fingerprint density at radius 3 is 1.34 bits per heavy atom. The van der Waals surface area contributed by atoms with E-state index >= 15 is 0 Å². The van der Waals surface area contributed by atoms with Gasteiger partial charge in [-0.25, -0.2) is 8.42 Å². The van der Waals surface area contributed by atoms with E-state index in [1.807, 2.05) is 13.8 Å². The van der Waals surface area contributed by atoms with E-state index in [0.29, 0.717) is 5.56 Å². The number of hydrogen-bond donors (Lipinski definition) is 0. The monoisotopic (exact) mass is 454 g/mol. The molecule has 10 heteroatoms. The van der Waals surface area contributed by atoms with Crippen LogP contribution < -0.4 is 0 Å². The lowest BCUT2D eigenvalue weighted by Crippen LogP contribution is -2.24. The Labute approximate surface area is 168 Å². The molecule has 2 rings (SSSR count). The van der Waals surface area contributed by atoms with Gasteiger partial charge in [0.15, 0.2) is 0 Å². The third-order valence-corrected chi connectivity index (χ3v) is 6.40. The summed E-state index contributed by atoms with van der Waals surface area (Å²) < 4.78 is 93.7. The Morgan fingerprint density at radius 2 is 1.03 bits per heavy atom. The fourth-order valence-corrected chi connectivity index (χ4v) is 4.45. The topological polar surface area (TPSA) is 68.3 Å². The maximum Gasteiger partial charge on any atom is 0.501 e. The highest BCUT2D eigenvalue weighted by atomic mass is 32.3. The first-order valence-electron chi connectivity index (χ1n) is 8.54. The van der Waals surface area contributed by atoms with Gasteiger partial charge in [0.1, 0.15) is 4.90 Å². The van der Waals surface area contributed by atoms with Crippen molar-refractivity contribution in [3.8, 4) is 0 Å². The second-order valence-electron chi connectivity index (χ2n) is 6.77. The molecule has 0 saturated heterocycles. The molecule has 162 valence electrons. The van der Waals surface area contributed by atoms with Gasteiger partial charge in [-0.1, -0.05) is 64.1 Å². The Hall–Kier alpha value is -1.94. The van der Waals surface area contributed by atoms with Gasteiger partial charge in [-0.3, -0.25) is 0 Å². The van der Waals surface area contributed by atoms with Gasteiger partial charge in [0, 0.05) is 0 Å². The van der Waals surface area contributed by atoms with Crippen LogP contribution in [-0.2, 0) is 20.1 Å². The first kappa shape index (κ1) is 25.1. The summed E-state index contributed by atoms with van der Waals surface area (Å²) in [6.45, 7) is 6.93. The van der Waals surface area contributed by atoms with E-state index in [1.165, 1.54) is 30.3 Å².